The molecule has 0 fully saturated rings. The van der Waals surface area contributed by atoms with Gasteiger partial charge in [-0.05, 0) is 24.7 Å². The minimum Gasteiger partial charge on any atom is -0.390 e. The molecule has 3 N–H and O–H groups in total. The van der Waals surface area contributed by atoms with Gasteiger partial charge in [0.1, 0.15) is 5.82 Å². The molecule has 0 saturated heterocycles. The highest BCUT2D eigenvalue weighted by molar-refractivity contribution is 5.80. The fourth-order valence-electron chi connectivity index (χ4n) is 3.21. The molecule has 1 aromatic heterocycles. The second-order valence-corrected chi connectivity index (χ2v) is 6.61. The van der Waals surface area contributed by atoms with Gasteiger partial charge in [0.2, 0.25) is 5.91 Å². The Kier molecular flexibility index (Phi) is 5.65. The maximum absolute atomic E-state index is 11.4. The zero-order chi connectivity index (χ0) is 18.5. The summed E-state index contributed by atoms with van der Waals surface area (Å²) in [5.41, 5.74) is 8.24. The van der Waals surface area contributed by atoms with Gasteiger partial charge in [0, 0.05) is 13.1 Å². The molecule has 0 radical (unpaired) electrons. The summed E-state index contributed by atoms with van der Waals surface area (Å²) in [6.45, 7) is 1.64. The standard InChI is InChI=1S/C20H24N4O2/c1-23(12-15-7-3-2-4-8-15)13-16(25)14-24-18-10-6-5-9-17(18)22-20(24)11-19(21)26/h2-10,16,25H,11-14H2,1H3,(H2,21,26)/t16-/m1/s1. The first kappa shape index (κ1) is 18.1. The van der Waals surface area contributed by atoms with E-state index in [2.05, 4.69) is 22.0 Å². The molecule has 0 spiro atoms. The molecule has 1 amide bonds. The monoisotopic (exact) mass is 352 g/mol. The predicted octanol–water partition coefficient (Wildman–Crippen LogP) is 1.56. The van der Waals surface area contributed by atoms with Crippen LogP contribution in [0.4, 0.5) is 0 Å². The van der Waals surface area contributed by atoms with Crippen molar-refractivity contribution in [3.63, 3.8) is 0 Å². The quantitative estimate of drug-likeness (QED) is 0.644. The van der Waals surface area contributed by atoms with Gasteiger partial charge in [-0.25, -0.2) is 4.98 Å². The maximum Gasteiger partial charge on any atom is 0.225 e. The molecule has 3 aromatic rings. The van der Waals surface area contributed by atoms with Crippen molar-refractivity contribution in [3.05, 3.63) is 66.0 Å². The Labute approximate surface area is 152 Å². The zero-order valence-electron chi connectivity index (χ0n) is 14.9. The molecule has 0 aliphatic rings. The lowest BCUT2D eigenvalue weighted by molar-refractivity contribution is -0.117. The molecule has 26 heavy (non-hydrogen) atoms. The summed E-state index contributed by atoms with van der Waals surface area (Å²) in [4.78, 5) is 17.9. The molecule has 0 unspecified atom stereocenters. The number of rotatable bonds is 8. The van der Waals surface area contributed by atoms with Crippen LogP contribution in [0.15, 0.2) is 54.6 Å². The van der Waals surface area contributed by atoms with Crippen molar-refractivity contribution in [1.29, 1.82) is 0 Å². The number of nitrogens with two attached hydrogens (primary N) is 1. The van der Waals surface area contributed by atoms with Crippen molar-refractivity contribution >= 4 is 16.9 Å². The van der Waals surface area contributed by atoms with E-state index in [0.717, 1.165) is 17.6 Å². The minimum atomic E-state index is -0.590. The summed E-state index contributed by atoms with van der Waals surface area (Å²) in [6, 6.07) is 17.8. The van der Waals surface area contributed by atoms with E-state index in [1.165, 1.54) is 5.56 Å². The van der Waals surface area contributed by atoms with E-state index < -0.39 is 12.0 Å². The predicted molar refractivity (Wildman–Crippen MR) is 101 cm³/mol. The number of nitrogens with zero attached hydrogens (tertiary/aromatic N) is 3. The van der Waals surface area contributed by atoms with Crippen LogP contribution in [0.2, 0.25) is 0 Å². The van der Waals surface area contributed by atoms with Crippen LogP contribution in [0.3, 0.4) is 0 Å². The Morgan fingerprint density at radius 1 is 1.19 bits per heavy atom. The number of aliphatic hydroxyl groups excluding tert-OH is 1. The average molecular weight is 352 g/mol. The SMILES string of the molecule is CN(Cc1ccccc1)C[C@@H](O)Cn1c(CC(N)=O)nc2ccccc21. The highest BCUT2D eigenvalue weighted by Gasteiger charge is 2.16. The van der Waals surface area contributed by atoms with Crippen molar-refractivity contribution < 1.29 is 9.90 Å². The van der Waals surface area contributed by atoms with Crippen LogP contribution < -0.4 is 5.73 Å². The van der Waals surface area contributed by atoms with E-state index in [9.17, 15) is 9.90 Å². The van der Waals surface area contributed by atoms with Gasteiger partial charge in [0.15, 0.2) is 0 Å². The Balaban J connectivity index is 1.72. The number of amides is 1. The second kappa shape index (κ2) is 8.12. The highest BCUT2D eigenvalue weighted by atomic mass is 16.3. The molecular formula is C20H24N4O2. The van der Waals surface area contributed by atoms with E-state index >= 15 is 0 Å². The first-order valence-corrected chi connectivity index (χ1v) is 8.66. The number of aliphatic hydroxyl groups is 1. The number of likely N-dealkylation sites (N-methyl/N-ethyl adjacent to an activating group) is 1. The Bertz CT molecular complexity index is 876. The molecule has 3 rings (SSSR count). The van der Waals surface area contributed by atoms with E-state index in [-0.39, 0.29) is 6.42 Å². The number of imidazole rings is 1. The molecule has 6 nitrogen and oxygen atoms in total. The number of para-hydroxylation sites is 2. The molecule has 0 bridgehead atoms. The van der Waals surface area contributed by atoms with Crippen molar-refractivity contribution in [3.8, 4) is 0 Å². The van der Waals surface area contributed by atoms with Gasteiger partial charge in [-0.1, -0.05) is 42.5 Å². The lowest BCUT2D eigenvalue weighted by Gasteiger charge is -2.22. The molecule has 0 aliphatic heterocycles. The smallest absolute Gasteiger partial charge is 0.225 e. The van der Waals surface area contributed by atoms with Crippen molar-refractivity contribution in [1.82, 2.24) is 14.5 Å². The second-order valence-electron chi connectivity index (χ2n) is 6.61. The number of carbonyl (C=O) groups excluding carboxylic acids is 1. The molecule has 136 valence electrons. The first-order chi connectivity index (χ1) is 12.5. The third-order valence-corrected chi connectivity index (χ3v) is 4.28. The third-order valence-electron chi connectivity index (χ3n) is 4.28. The van der Waals surface area contributed by atoms with Crippen molar-refractivity contribution in [2.24, 2.45) is 5.73 Å². The largest absolute Gasteiger partial charge is 0.390 e. The molecule has 0 saturated carbocycles. The van der Waals surface area contributed by atoms with E-state index in [1.807, 2.05) is 54.1 Å². The van der Waals surface area contributed by atoms with Gasteiger partial charge >= 0.3 is 0 Å². The van der Waals surface area contributed by atoms with E-state index in [0.29, 0.717) is 18.9 Å². The number of benzene rings is 2. The van der Waals surface area contributed by atoms with Crippen molar-refractivity contribution in [2.45, 2.75) is 25.6 Å². The lowest BCUT2D eigenvalue weighted by Crippen LogP contribution is -2.32. The molecule has 0 aliphatic carbocycles. The normalized spacial score (nSPS) is 12.6. The topological polar surface area (TPSA) is 84.4 Å². The Hall–Kier alpha value is -2.70. The van der Waals surface area contributed by atoms with Gasteiger partial charge in [-0.2, -0.15) is 0 Å². The van der Waals surface area contributed by atoms with Gasteiger partial charge < -0.3 is 15.4 Å². The molecular weight excluding hydrogens is 328 g/mol. The first-order valence-electron chi connectivity index (χ1n) is 8.66. The lowest BCUT2D eigenvalue weighted by atomic mass is 10.2. The Morgan fingerprint density at radius 3 is 2.62 bits per heavy atom. The van der Waals surface area contributed by atoms with Crippen LogP contribution in [0.5, 0.6) is 0 Å². The molecule has 6 heteroatoms. The zero-order valence-corrected chi connectivity index (χ0v) is 14.9. The summed E-state index contributed by atoms with van der Waals surface area (Å²) in [7, 11) is 1.98. The fraction of sp³-hybridized carbons (Fsp3) is 0.300. The molecule has 1 atom stereocenters. The average Bonchev–Trinajstić information content (AvgIpc) is 2.92. The van der Waals surface area contributed by atoms with Crippen LogP contribution in [-0.4, -0.2) is 45.2 Å². The van der Waals surface area contributed by atoms with Gasteiger partial charge in [-0.15, -0.1) is 0 Å². The minimum absolute atomic E-state index is 0.0568. The van der Waals surface area contributed by atoms with Gasteiger partial charge in [0.25, 0.3) is 0 Å². The summed E-state index contributed by atoms with van der Waals surface area (Å²) in [5.74, 6) is 0.153. The van der Waals surface area contributed by atoms with Crippen LogP contribution >= 0.6 is 0 Å². The third kappa shape index (κ3) is 4.47. The maximum atomic E-state index is 11.4. The van der Waals surface area contributed by atoms with Crippen LogP contribution in [0.25, 0.3) is 11.0 Å². The van der Waals surface area contributed by atoms with Gasteiger partial charge in [0.05, 0.1) is 30.1 Å². The van der Waals surface area contributed by atoms with E-state index in [1.54, 1.807) is 0 Å². The summed E-state index contributed by atoms with van der Waals surface area (Å²) in [6.07, 6.45) is -0.533. The van der Waals surface area contributed by atoms with Crippen LogP contribution in [-0.2, 0) is 24.3 Å². The summed E-state index contributed by atoms with van der Waals surface area (Å²) in [5, 5.41) is 10.6. The highest BCUT2D eigenvalue weighted by Crippen LogP contribution is 2.17. The van der Waals surface area contributed by atoms with Crippen LogP contribution in [0, 0.1) is 0 Å². The number of carbonyl (C=O) groups is 1. The number of fused-ring (bicyclic) bond motifs is 1. The molecule has 1 heterocycles. The summed E-state index contributed by atoms with van der Waals surface area (Å²) >= 11 is 0. The van der Waals surface area contributed by atoms with Crippen molar-refractivity contribution in [2.75, 3.05) is 13.6 Å². The number of aromatic nitrogens is 2. The van der Waals surface area contributed by atoms with Crippen LogP contribution in [0.1, 0.15) is 11.4 Å². The Morgan fingerprint density at radius 2 is 1.88 bits per heavy atom. The fourth-order valence-corrected chi connectivity index (χ4v) is 3.21. The number of hydrogen-bond donors (Lipinski definition) is 2. The number of hydrogen-bond acceptors (Lipinski definition) is 4. The number of primary amides is 1. The molecule has 2 aromatic carbocycles. The van der Waals surface area contributed by atoms with Gasteiger partial charge in [-0.3, -0.25) is 9.69 Å². The van der Waals surface area contributed by atoms with E-state index in [4.69, 9.17) is 5.73 Å². The summed E-state index contributed by atoms with van der Waals surface area (Å²) < 4.78 is 1.89.